The molecule has 3 aromatic rings. The standard InChI is InChI=1S/C27H30F2N4O3/c1-27(2,3)36-26(35)33-10-8-16(9-11-33)23-21-14-18(28)13-20(24(21)31-15-30-23)19-7-6-17(12-22(19)29)25(34)32(4)5/h6-7,12-16H,8-11H2,1-5H3. The summed E-state index contributed by atoms with van der Waals surface area (Å²) in [5, 5.41) is 0.510. The first kappa shape index (κ1) is 25.5. The molecule has 1 aliphatic heterocycles. The van der Waals surface area contributed by atoms with Crippen LogP contribution in [0.5, 0.6) is 0 Å². The van der Waals surface area contributed by atoms with Gasteiger partial charge in [0.25, 0.3) is 5.91 Å². The van der Waals surface area contributed by atoms with Crippen LogP contribution in [0.15, 0.2) is 36.7 Å². The highest BCUT2D eigenvalue weighted by molar-refractivity contribution is 5.97. The van der Waals surface area contributed by atoms with Crippen LogP contribution in [-0.2, 0) is 4.74 Å². The zero-order valence-electron chi connectivity index (χ0n) is 21.1. The maximum atomic E-state index is 15.1. The molecule has 2 amide bonds. The lowest BCUT2D eigenvalue weighted by Crippen LogP contribution is -2.41. The van der Waals surface area contributed by atoms with E-state index in [-0.39, 0.29) is 29.0 Å². The highest BCUT2D eigenvalue weighted by Crippen LogP contribution is 2.36. The van der Waals surface area contributed by atoms with Crippen molar-refractivity contribution in [3.63, 3.8) is 0 Å². The van der Waals surface area contributed by atoms with E-state index in [1.54, 1.807) is 19.0 Å². The Balaban J connectivity index is 1.66. The molecular formula is C27H30F2N4O3. The summed E-state index contributed by atoms with van der Waals surface area (Å²) in [5.41, 5.74) is 1.18. The molecule has 36 heavy (non-hydrogen) atoms. The van der Waals surface area contributed by atoms with Gasteiger partial charge in [-0.15, -0.1) is 0 Å². The van der Waals surface area contributed by atoms with Crippen molar-refractivity contribution in [3.05, 3.63) is 59.6 Å². The van der Waals surface area contributed by atoms with Gasteiger partial charge in [-0.25, -0.2) is 23.5 Å². The number of hydrogen-bond acceptors (Lipinski definition) is 5. The Morgan fingerprint density at radius 2 is 1.72 bits per heavy atom. The van der Waals surface area contributed by atoms with Crippen LogP contribution in [0.4, 0.5) is 13.6 Å². The molecule has 0 bridgehead atoms. The van der Waals surface area contributed by atoms with Gasteiger partial charge in [0.05, 0.1) is 11.2 Å². The van der Waals surface area contributed by atoms with E-state index in [0.717, 1.165) is 6.07 Å². The molecule has 2 heterocycles. The predicted molar refractivity (Wildman–Crippen MR) is 133 cm³/mol. The van der Waals surface area contributed by atoms with E-state index in [1.807, 2.05) is 20.8 Å². The van der Waals surface area contributed by atoms with Gasteiger partial charge in [-0.1, -0.05) is 6.07 Å². The second-order valence-electron chi connectivity index (χ2n) is 10.2. The topological polar surface area (TPSA) is 75.6 Å². The van der Waals surface area contributed by atoms with Gasteiger partial charge in [-0.3, -0.25) is 4.79 Å². The molecule has 4 rings (SSSR count). The summed E-state index contributed by atoms with van der Waals surface area (Å²) < 4.78 is 35.4. The number of aromatic nitrogens is 2. The highest BCUT2D eigenvalue weighted by atomic mass is 19.1. The number of carbonyl (C=O) groups excluding carboxylic acids is 2. The van der Waals surface area contributed by atoms with Crippen LogP contribution in [-0.4, -0.2) is 64.6 Å². The Bertz CT molecular complexity index is 1310. The fraction of sp³-hybridized carbons (Fsp3) is 0.407. The summed E-state index contributed by atoms with van der Waals surface area (Å²) in [7, 11) is 3.18. The maximum Gasteiger partial charge on any atom is 0.410 e. The Morgan fingerprint density at radius 3 is 2.33 bits per heavy atom. The third-order valence-electron chi connectivity index (χ3n) is 6.18. The van der Waals surface area contributed by atoms with E-state index in [0.29, 0.717) is 48.1 Å². The largest absolute Gasteiger partial charge is 0.444 e. The Morgan fingerprint density at radius 1 is 1.03 bits per heavy atom. The monoisotopic (exact) mass is 496 g/mol. The zero-order valence-corrected chi connectivity index (χ0v) is 21.1. The van der Waals surface area contributed by atoms with Crippen LogP contribution >= 0.6 is 0 Å². The smallest absolute Gasteiger partial charge is 0.410 e. The molecule has 1 saturated heterocycles. The van der Waals surface area contributed by atoms with E-state index in [4.69, 9.17) is 4.74 Å². The molecule has 0 aliphatic carbocycles. The summed E-state index contributed by atoms with van der Waals surface area (Å²) in [4.78, 5) is 36.5. The number of rotatable bonds is 3. The number of likely N-dealkylation sites (tertiary alicyclic amines) is 1. The molecule has 0 atom stereocenters. The van der Waals surface area contributed by atoms with E-state index < -0.39 is 17.2 Å². The number of benzene rings is 2. The molecule has 0 saturated carbocycles. The van der Waals surface area contributed by atoms with Gasteiger partial charge in [-0.2, -0.15) is 0 Å². The molecule has 7 nitrogen and oxygen atoms in total. The van der Waals surface area contributed by atoms with Crippen LogP contribution in [0.25, 0.3) is 22.0 Å². The van der Waals surface area contributed by atoms with Crippen molar-refractivity contribution in [3.8, 4) is 11.1 Å². The maximum absolute atomic E-state index is 15.1. The van der Waals surface area contributed by atoms with Crippen molar-refractivity contribution in [1.82, 2.24) is 19.8 Å². The highest BCUT2D eigenvalue weighted by Gasteiger charge is 2.29. The van der Waals surface area contributed by atoms with E-state index in [9.17, 15) is 14.0 Å². The van der Waals surface area contributed by atoms with Crippen molar-refractivity contribution < 1.29 is 23.1 Å². The lowest BCUT2D eigenvalue weighted by molar-refractivity contribution is 0.0204. The number of piperidine rings is 1. The molecule has 1 aliphatic rings. The summed E-state index contributed by atoms with van der Waals surface area (Å²) in [6.45, 7) is 6.46. The second-order valence-corrected chi connectivity index (χ2v) is 10.2. The quantitative estimate of drug-likeness (QED) is 0.486. The first-order valence-corrected chi connectivity index (χ1v) is 11.9. The first-order valence-electron chi connectivity index (χ1n) is 11.9. The fourth-order valence-electron chi connectivity index (χ4n) is 4.47. The van der Waals surface area contributed by atoms with Crippen molar-refractivity contribution in [2.75, 3.05) is 27.2 Å². The zero-order chi connectivity index (χ0) is 26.2. The molecule has 0 unspecified atom stereocenters. The van der Waals surface area contributed by atoms with Gasteiger partial charge in [-0.05, 0) is 57.9 Å². The number of carbonyl (C=O) groups is 2. The minimum absolute atomic E-state index is 0.0197. The second kappa shape index (κ2) is 9.79. The lowest BCUT2D eigenvalue weighted by Gasteiger charge is -2.33. The lowest BCUT2D eigenvalue weighted by atomic mass is 9.89. The summed E-state index contributed by atoms with van der Waals surface area (Å²) in [5.74, 6) is -1.52. The number of nitrogens with zero attached hydrogens (tertiary/aromatic N) is 4. The third-order valence-corrected chi connectivity index (χ3v) is 6.18. The van der Waals surface area contributed by atoms with Crippen LogP contribution in [0.1, 0.15) is 55.6 Å². The van der Waals surface area contributed by atoms with Crippen LogP contribution in [0.2, 0.25) is 0 Å². The molecule has 2 aromatic carbocycles. The summed E-state index contributed by atoms with van der Waals surface area (Å²) in [6.07, 6.45) is 2.31. The summed E-state index contributed by atoms with van der Waals surface area (Å²) >= 11 is 0. The van der Waals surface area contributed by atoms with Gasteiger partial charge in [0, 0.05) is 55.2 Å². The number of halogens is 2. The number of amides is 2. The Labute approximate surface area is 209 Å². The van der Waals surface area contributed by atoms with E-state index in [1.165, 1.54) is 35.5 Å². The van der Waals surface area contributed by atoms with Crippen molar-refractivity contribution in [2.45, 2.75) is 45.1 Å². The molecule has 0 spiro atoms. The summed E-state index contributed by atoms with van der Waals surface area (Å²) in [6, 6.07) is 6.77. The Hall–Kier alpha value is -3.62. The van der Waals surface area contributed by atoms with Gasteiger partial charge in [0.1, 0.15) is 23.6 Å². The van der Waals surface area contributed by atoms with Crippen molar-refractivity contribution in [2.24, 2.45) is 0 Å². The average Bonchev–Trinajstić information content (AvgIpc) is 2.81. The normalized spacial score (nSPS) is 14.7. The number of ether oxygens (including phenoxy) is 1. The predicted octanol–water partition coefficient (Wildman–Crippen LogP) is 5.39. The molecule has 190 valence electrons. The number of hydrogen-bond donors (Lipinski definition) is 0. The number of fused-ring (bicyclic) bond motifs is 1. The van der Waals surface area contributed by atoms with Crippen molar-refractivity contribution >= 4 is 22.9 Å². The van der Waals surface area contributed by atoms with Crippen LogP contribution < -0.4 is 0 Å². The van der Waals surface area contributed by atoms with Gasteiger partial charge < -0.3 is 14.5 Å². The molecule has 0 N–H and O–H groups in total. The fourth-order valence-corrected chi connectivity index (χ4v) is 4.47. The average molecular weight is 497 g/mol. The Kier molecular flexibility index (Phi) is 6.93. The van der Waals surface area contributed by atoms with Gasteiger partial charge >= 0.3 is 6.09 Å². The van der Waals surface area contributed by atoms with Crippen LogP contribution in [0, 0.1) is 11.6 Å². The van der Waals surface area contributed by atoms with Crippen LogP contribution in [0.3, 0.4) is 0 Å². The minimum atomic E-state index is -0.638. The molecule has 1 fully saturated rings. The minimum Gasteiger partial charge on any atom is -0.444 e. The van der Waals surface area contributed by atoms with E-state index in [2.05, 4.69) is 9.97 Å². The third kappa shape index (κ3) is 5.29. The first-order chi connectivity index (χ1) is 16.9. The molecule has 1 aromatic heterocycles. The molecule has 0 radical (unpaired) electrons. The van der Waals surface area contributed by atoms with Gasteiger partial charge in [0.15, 0.2) is 0 Å². The van der Waals surface area contributed by atoms with Gasteiger partial charge in [0.2, 0.25) is 0 Å². The van der Waals surface area contributed by atoms with Crippen molar-refractivity contribution in [1.29, 1.82) is 0 Å². The van der Waals surface area contributed by atoms with E-state index >= 15 is 4.39 Å². The SMILES string of the molecule is CN(C)C(=O)c1ccc(-c2cc(F)cc3c(C4CCN(C(=O)OC(C)(C)C)CC4)ncnc23)c(F)c1. The molecular weight excluding hydrogens is 466 g/mol. The molecule has 9 heteroatoms.